The third kappa shape index (κ3) is 2.58. The smallest absolute Gasteiger partial charge is 0.0561 e. The van der Waals surface area contributed by atoms with Crippen LogP contribution in [-0.2, 0) is 0 Å². The average molecular weight is 328 g/mol. The van der Waals surface area contributed by atoms with Crippen LogP contribution in [-0.4, -0.2) is 17.2 Å². The molecule has 0 atom stereocenters. The normalized spacial score (nSPS) is 11.5. The highest BCUT2D eigenvalue weighted by molar-refractivity contribution is 6.10. The predicted molar refractivity (Wildman–Crippen MR) is 109 cm³/mol. The van der Waals surface area contributed by atoms with Crippen LogP contribution in [0.5, 0.6) is 0 Å². The standard InChI is InChI=1S/C23H24N2/c1-4-24(17(2)3)19-14-15-21-20-12-8-9-13-22(20)25(23(21)16-19)18-10-6-5-7-11-18/h5-17H,4H2,1-3H3. The van der Waals surface area contributed by atoms with Crippen LogP contribution in [0.3, 0.4) is 0 Å². The molecule has 0 aliphatic heterocycles. The first-order valence-electron chi connectivity index (χ1n) is 9.06. The second kappa shape index (κ2) is 6.29. The summed E-state index contributed by atoms with van der Waals surface area (Å²) >= 11 is 0. The van der Waals surface area contributed by atoms with E-state index in [0.29, 0.717) is 6.04 Å². The molecule has 0 fully saturated rings. The molecule has 2 heteroatoms. The van der Waals surface area contributed by atoms with Gasteiger partial charge in [0.05, 0.1) is 11.0 Å². The summed E-state index contributed by atoms with van der Waals surface area (Å²) in [6.45, 7) is 7.73. The van der Waals surface area contributed by atoms with Crippen molar-refractivity contribution in [3.8, 4) is 5.69 Å². The van der Waals surface area contributed by atoms with Gasteiger partial charge in [-0.1, -0.05) is 42.5 Å². The molecule has 0 bridgehead atoms. The lowest BCUT2D eigenvalue weighted by Gasteiger charge is -2.27. The van der Waals surface area contributed by atoms with Gasteiger partial charge in [-0.25, -0.2) is 0 Å². The van der Waals surface area contributed by atoms with Crippen LogP contribution in [0.1, 0.15) is 20.8 Å². The summed E-state index contributed by atoms with van der Waals surface area (Å²) < 4.78 is 2.38. The molecular weight excluding hydrogens is 304 g/mol. The third-order valence-electron chi connectivity index (χ3n) is 4.97. The predicted octanol–water partition coefficient (Wildman–Crippen LogP) is 6.02. The van der Waals surface area contributed by atoms with Crippen molar-refractivity contribution >= 4 is 27.5 Å². The largest absolute Gasteiger partial charge is 0.369 e. The van der Waals surface area contributed by atoms with E-state index in [1.165, 1.54) is 33.2 Å². The lowest BCUT2D eigenvalue weighted by Crippen LogP contribution is -2.30. The Bertz CT molecular complexity index is 1010. The number of benzene rings is 3. The van der Waals surface area contributed by atoms with E-state index in [4.69, 9.17) is 0 Å². The molecule has 0 saturated heterocycles. The summed E-state index contributed by atoms with van der Waals surface area (Å²) in [5.41, 5.74) is 5.01. The van der Waals surface area contributed by atoms with E-state index in [2.05, 4.69) is 103 Å². The Hall–Kier alpha value is -2.74. The van der Waals surface area contributed by atoms with Crippen molar-refractivity contribution in [2.75, 3.05) is 11.4 Å². The van der Waals surface area contributed by atoms with E-state index in [9.17, 15) is 0 Å². The first-order chi connectivity index (χ1) is 12.2. The molecule has 0 N–H and O–H groups in total. The number of hydrogen-bond donors (Lipinski definition) is 0. The Morgan fingerprint density at radius 2 is 1.48 bits per heavy atom. The number of para-hydroxylation sites is 2. The molecule has 0 amide bonds. The summed E-state index contributed by atoms with van der Waals surface area (Å²) in [7, 11) is 0. The van der Waals surface area contributed by atoms with E-state index in [0.717, 1.165) is 6.54 Å². The Kier molecular flexibility index (Phi) is 3.96. The van der Waals surface area contributed by atoms with Gasteiger partial charge in [0, 0.05) is 34.7 Å². The molecular formula is C23H24N2. The Labute approximate surface area is 149 Å². The molecule has 3 aromatic carbocycles. The zero-order valence-electron chi connectivity index (χ0n) is 15.1. The second-order valence-electron chi connectivity index (χ2n) is 6.77. The van der Waals surface area contributed by atoms with Crippen molar-refractivity contribution in [1.29, 1.82) is 0 Å². The van der Waals surface area contributed by atoms with Crippen molar-refractivity contribution in [2.24, 2.45) is 0 Å². The minimum atomic E-state index is 0.483. The van der Waals surface area contributed by atoms with Gasteiger partial charge in [-0.05, 0) is 51.1 Å². The van der Waals surface area contributed by atoms with Crippen LogP contribution in [0.2, 0.25) is 0 Å². The zero-order valence-corrected chi connectivity index (χ0v) is 15.1. The maximum atomic E-state index is 2.44. The molecule has 0 radical (unpaired) electrons. The molecule has 2 nitrogen and oxygen atoms in total. The molecule has 4 aromatic rings. The van der Waals surface area contributed by atoms with Gasteiger partial charge in [-0.15, -0.1) is 0 Å². The van der Waals surface area contributed by atoms with Crippen molar-refractivity contribution in [2.45, 2.75) is 26.8 Å². The highest BCUT2D eigenvalue weighted by atomic mass is 15.1. The van der Waals surface area contributed by atoms with Crippen LogP contribution < -0.4 is 4.90 Å². The molecule has 0 aliphatic rings. The Morgan fingerprint density at radius 1 is 0.800 bits per heavy atom. The van der Waals surface area contributed by atoms with Crippen molar-refractivity contribution in [1.82, 2.24) is 4.57 Å². The molecule has 0 unspecified atom stereocenters. The fourth-order valence-corrected chi connectivity index (χ4v) is 3.84. The molecule has 0 aliphatic carbocycles. The fourth-order valence-electron chi connectivity index (χ4n) is 3.84. The quantitative estimate of drug-likeness (QED) is 0.445. The van der Waals surface area contributed by atoms with Crippen LogP contribution >= 0.6 is 0 Å². The molecule has 0 saturated carbocycles. The minimum absolute atomic E-state index is 0.483. The van der Waals surface area contributed by atoms with Crippen LogP contribution in [0.4, 0.5) is 5.69 Å². The average Bonchev–Trinajstić information content (AvgIpc) is 2.96. The van der Waals surface area contributed by atoms with Gasteiger partial charge < -0.3 is 9.47 Å². The van der Waals surface area contributed by atoms with Gasteiger partial charge >= 0.3 is 0 Å². The van der Waals surface area contributed by atoms with E-state index >= 15 is 0 Å². The highest BCUT2D eigenvalue weighted by Crippen LogP contribution is 2.34. The number of hydrogen-bond acceptors (Lipinski definition) is 1. The lowest BCUT2D eigenvalue weighted by molar-refractivity contribution is 0.704. The molecule has 1 heterocycles. The third-order valence-corrected chi connectivity index (χ3v) is 4.97. The monoisotopic (exact) mass is 328 g/mol. The van der Waals surface area contributed by atoms with Gasteiger partial charge in [0.1, 0.15) is 0 Å². The van der Waals surface area contributed by atoms with Crippen molar-refractivity contribution in [3.05, 3.63) is 72.8 Å². The first kappa shape index (κ1) is 15.8. The molecule has 25 heavy (non-hydrogen) atoms. The molecule has 0 spiro atoms. The zero-order chi connectivity index (χ0) is 17.4. The van der Waals surface area contributed by atoms with Gasteiger partial charge in [-0.3, -0.25) is 0 Å². The van der Waals surface area contributed by atoms with Gasteiger partial charge in [-0.2, -0.15) is 0 Å². The highest BCUT2D eigenvalue weighted by Gasteiger charge is 2.15. The maximum absolute atomic E-state index is 2.44. The SMILES string of the molecule is CCN(c1ccc2c3ccccc3n(-c3ccccc3)c2c1)C(C)C. The van der Waals surface area contributed by atoms with Gasteiger partial charge in [0.15, 0.2) is 0 Å². The minimum Gasteiger partial charge on any atom is -0.369 e. The number of fused-ring (bicyclic) bond motifs is 3. The van der Waals surface area contributed by atoms with E-state index < -0.39 is 0 Å². The number of rotatable bonds is 4. The van der Waals surface area contributed by atoms with Crippen LogP contribution in [0.25, 0.3) is 27.5 Å². The Balaban J connectivity index is 2.06. The second-order valence-corrected chi connectivity index (χ2v) is 6.77. The maximum Gasteiger partial charge on any atom is 0.0561 e. The molecule has 1 aromatic heterocycles. The van der Waals surface area contributed by atoms with E-state index in [-0.39, 0.29) is 0 Å². The summed E-state index contributed by atoms with van der Waals surface area (Å²) in [5.74, 6) is 0. The number of nitrogens with zero attached hydrogens (tertiary/aromatic N) is 2. The molecule has 126 valence electrons. The summed E-state index contributed by atoms with van der Waals surface area (Å²) in [4.78, 5) is 2.44. The van der Waals surface area contributed by atoms with Crippen LogP contribution in [0, 0.1) is 0 Å². The van der Waals surface area contributed by atoms with Crippen molar-refractivity contribution in [3.63, 3.8) is 0 Å². The fraction of sp³-hybridized carbons (Fsp3) is 0.217. The summed E-state index contributed by atoms with van der Waals surface area (Å²) in [6.07, 6.45) is 0. The van der Waals surface area contributed by atoms with Crippen LogP contribution in [0.15, 0.2) is 72.8 Å². The molecule has 4 rings (SSSR count). The van der Waals surface area contributed by atoms with Gasteiger partial charge in [0.2, 0.25) is 0 Å². The van der Waals surface area contributed by atoms with E-state index in [1.54, 1.807) is 0 Å². The van der Waals surface area contributed by atoms with E-state index in [1.807, 2.05) is 0 Å². The number of aromatic nitrogens is 1. The van der Waals surface area contributed by atoms with Gasteiger partial charge in [0.25, 0.3) is 0 Å². The lowest BCUT2D eigenvalue weighted by atomic mass is 10.1. The summed E-state index contributed by atoms with van der Waals surface area (Å²) in [6, 6.07) is 26.7. The Morgan fingerprint density at radius 3 is 2.20 bits per heavy atom. The first-order valence-corrected chi connectivity index (χ1v) is 9.06. The van der Waals surface area contributed by atoms with Crippen molar-refractivity contribution < 1.29 is 0 Å². The topological polar surface area (TPSA) is 8.17 Å². The summed E-state index contributed by atoms with van der Waals surface area (Å²) in [5, 5.41) is 2.61. The number of anilines is 1.